The van der Waals surface area contributed by atoms with E-state index in [0.29, 0.717) is 11.0 Å². The number of fused-ring (bicyclic) bond motifs is 1. The zero-order valence-corrected chi connectivity index (χ0v) is 9.03. The first-order valence-corrected chi connectivity index (χ1v) is 4.93. The van der Waals surface area contributed by atoms with Crippen molar-refractivity contribution in [3.63, 3.8) is 0 Å². The lowest BCUT2D eigenvalue weighted by atomic mass is 9.77. The van der Waals surface area contributed by atoms with Crippen LogP contribution in [0.25, 0.3) is 0 Å². The molecule has 1 aliphatic heterocycles. The third kappa shape index (κ3) is 1.64. The molecule has 0 bridgehead atoms. The molecule has 0 saturated carbocycles. The Morgan fingerprint density at radius 2 is 2.25 bits per heavy atom. The van der Waals surface area contributed by atoms with Gasteiger partial charge in [-0.25, -0.2) is 4.39 Å². The highest BCUT2D eigenvalue weighted by Gasteiger charge is 2.41. The van der Waals surface area contributed by atoms with Crippen molar-refractivity contribution in [1.29, 1.82) is 0 Å². The molecule has 0 amide bonds. The zero-order chi connectivity index (χ0) is 11.9. The minimum Gasteiger partial charge on any atom is -0.423 e. The lowest BCUT2D eigenvalue weighted by molar-refractivity contribution is 0.101. The number of rotatable bonds is 2. The Kier molecular flexibility index (Phi) is 2.55. The second-order valence-corrected chi connectivity index (χ2v) is 4.30. The average molecular weight is 223 g/mol. The first-order chi connectivity index (χ1) is 7.45. The molecule has 0 aliphatic carbocycles. The number of nitroso groups, excluding NO2 is 1. The minimum atomic E-state index is -1.11. The van der Waals surface area contributed by atoms with Crippen LogP contribution in [0.4, 0.5) is 4.39 Å². The van der Waals surface area contributed by atoms with E-state index in [9.17, 15) is 14.3 Å². The molecule has 0 atom stereocenters. The molecule has 2 rings (SSSR count). The first-order valence-electron chi connectivity index (χ1n) is 4.93. The fourth-order valence-corrected chi connectivity index (χ4v) is 1.96. The van der Waals surface area contributed by atoms with E-state index in [4.69, 9.17) is 4.65 Å². The van der Waals surface area contributed by atoms with Gasteiger partial charge < -0.3 is 9.68 Å². The Hall–Kier alpha value is -1.27. The summed E-state index contributed by atoms with van der Waals surface area (Å²) in [4.78, 5) is 10.2. The van der Waals surface area contributed by atoms with Crippen LogP contribution in [-0.2, 0) is 16.8 Å². The van der Waals surface area contributed by atoms with Crippen LogP contribution >= 0.6 is 0 Å². The van der Waals surface area contributed by atoms with Crippen LogP contribution in [0.2, 0.25) is 0 Å². The van der Waals surface area contributed by atoms with Crippen LogP contribution in [0.5, 0.6) is 0 Å². The van der Waals surface area contributed by atoms with Gasteiger partial charge in [0.15, 0.2) is 0 Å². The molecule has 1 aliphatic rings. The predicted octanol–water partition coefficient (Wildman–Crippen LogP) is 1.04. The molecular formula is C10H11BFNO3. The summed E-state index contributed by atoms with van der Waals surface area (Å²) < 4.78 is 18.8. The third-order valence-electron chi connectivity index (χ3n) is 2.77. The van der Waals surface area contributed by atoms with E-state index in [-0.39, 0.29) is 12.1 Å². The highest BCUT2D eigenvalue weighted by molar-refractivity contribution is 6.61. The molecule has 0 fully saturated rings. The molecule has 1 heterocycles. The largest absolute Gasteiger partial charge is 0.492 e. The number of benzene rings is 1. The van der Waals surface area contributed by atoms with Gasteiger partial charge in [-0.3, -0.25) is 0 Å². The predicted molar refractivity (Wildman–Crippen MR) is 57.6 cm³/mol. The molecule has 0 saturated heterocycles. The van der Waals surface area contributed by atoms with Crippen molar-refractivity contribution in [2.24, 2.45) is 5.18 Å². The lowest BCUT2D eigenvalue weighted by Crippen LogP contribution is -2.29. The van der Waals surface area contributed by atoms with Crippen molar-refractivity contribution in [1.82, 2.24) is 0 Å². The molecule has 84 valence electrons. The Labute approximate surface area is 92.5 Å². The summed E-state index contributed by atoms with van der Waals surface area (Å²) in [6.07, 6.45) is 0. The molecule has 1 N–H and O–H groups in total. The second kappa shape index (κ2) is 3.64. The van der Waals surface area contributed by atoms with Crippen molar-refractivity contribution >= 4 is 12.6 Å². The van der Waals surface area contributed by atoms with Crippen molar-refractivity contribution in [2.75, 3.05) is 0 Å². The summed E-state index contributed by atoms with van der Waals surface area (Å²) >= 11 is 0. The number of hydrogen-bond donors (Lipinski definition) is 1. The Balaban J connectivity index is 2.56. The van der Waals surface area contributed by atoms with Gasteiger partial charge in [0.05, 0.1) is 5.60 Å². The van der Waals surface area contributed by atoms with Crippen LogP contribution in [0.15, 0.2) is 17.3 Å². The number of hydrogen-bond acceptors (Lipinski definition) is 4. The maximum absolute atomic E-state index is 13.5. The van der Waals surface area contributed by atoms with E-state index >= 15 is 0 Å². The molecule has 1 aromatic rings. The molecule has 0 radical (unpaired) electrons. The van der Waals surface area contributed by atoms with Gasteiger partial charge >= 0.3 is 7.12 Å². The number of halogens is 1. The van der Waals surface area contributed by atoms with Crippen LogP contribution in [0.1, 0.15) is 25.0 Å². The molecule has 6 heteroatoms. The normalized spacial score (nSPS) is 17.4. The highest BCUT2D eigenvalue weighted by Crippen LogP contribution is 2.31. The molecule has 0 aromatic heterocycles. The maximum atomic E-state index is 13.5. The average Bonchev–Trinajstić information content (AvgIpc) is 2.39. The molecular weight excluding hydrogens is 212 g/mol. The molecule has 1 aromatic carbocycles. The van der Waals surface area contributed by atoms with Gasteiger partial charge in [0.1, 0.15) is 12.4 Å². The van der Waals surface area contributed by atoms with Crippen LogP contribution < -0.4 is 5.46 Å². The van der Waals surface area contributed by atoms with E-state index in [0.717, 1.165) is 0 Å². The van der Waals surface area contributed by atoms with Gasteiger partial charge in [-0.05, 0) is 37.0 Å². The van der Waals surface area contributed by atoms with Gasteiger partial charge in [0.25, 0.3) is 0 Å². The topological polar surface area (TPSA) is 58.9 Å². The van der Waals surface area contributed by atoms with Crippen LogP contribution in [0.3, 0.4) is 0 Å². The van der Waals surface area contributed by atoms with E-state index in [2.05, 4.69) is 5.18 Å². The number of nitrogens with zero attached hydrogens (tertiary/aromatic N) is 1. The minimum absolute atomic E-state index is 0.217. The standard InChI is InChI=1S/C10H11BFNO3/c1-10(2)7-3-6(5-13-15)9(12)4-8(7)11(14)16-10/h3-4,14H,5H2,1-2H3. The Bertz CT molecular complexity index is 450. The van der Waals surface area contributed by atoms with E-state index in [1.165, 1.54) is 12.1 Å². The lowest BCUT2D eigenvalue weighted by Gasteiger charge is -2.20. The van der Waals surface area contributed by atoms with Crippen molar-refractivity contribution < 1.29 is 14.1 Å². The molecule has 16 heavy (non-hydrogen) atoms. The monoisotopic (exact) mass is 223 g/mol. The SMILES string of the molecule is CC1(C)OB(O)c2cc(F)c(CN=O)cc21. The van der Waals surface area contributed by atoms with E-state index < -0.39 is 18.5 Å². The van der Waals surface area contributed by atoms with Gasteiger partial charge in [-0.2, -0.15) is 4.91 Å². The summed E-state index contributed by atoms with van der Waals surface area (Å²) in [6, 6.07) is 2.73. The molecule has 0 spiro atoms. The Morgan fingerprint density at radius 1 is 1.56 bits per heavy atom. The smallest absolute Gasteiger partial charge is 0.423 e. The van der Waals surface area contributed by atoms with Gasteiger partial charge in [-0.1, -0.05) is 5.18 Å². The van der Waals surface area contributed by atoms with Crippen molar-refractivity contribution in [3.05, 3.63) is 34.0 Å². The summed E-state index contributed by atoms with van der Waals surface area (Å²) in [6.45, 7) is 3.33. The fraction of sp³-hybridized carbons (Fsp3) is 0.400. The van der Waals surface area contributed by atoms with Crippen molar-refractivity contribution in [2.45, 2.75) is 26.0 Å². The van der Waals surface area contributed by atoms with Crippen LogP contribution in [-0.4, -0.2) is 12.1 Å². The first kappa shape index (κ1) is 11.2. The summed E-state index contributed by atoms with van der Waals surface area (Å²) in [7, 11) is -1.11. The van der Waals surface area contributed by atoms with Gasteiger partial charge in [0, 0.05) is 5.56 Å². The fourth-order valence-electron chi connectivity index (χ4n) is 1.96. The van der Waals surface area contributed by atoms with Crippen LogP contribution in [0, 0.1) is 10.7 Å². The highest BCUT2D eigenvalue weighted by atomic mass is 19.1. The summed E-state index contributed by atoms with van der Waals surface area (Å²) in [5.74, 6) is -0.543. The maximum Gasteiger partial charge on any atom is 0.492 e. The van der Waals surface area contributed by atoms with Gasteiger partial charge in [0.2, 0.25) is 0 Å². The van der Waals surface area contributed by atoms with Gasteiger partial charge in [-0.15, -0.1) is 0 Å². The second-order valence-electron chi connectivity index (χ2n) is 4.30. The zero-order valence-electron chi connectivity index (χ0n) is 9.03. The quantitative estimate of drug-likeness (QED) is 0.602. The van der Waals surface area contributed by atoms with E-state index in [1.807, 2.05) is 0 Å². The molecule has 4 nitrogen and oxygen atoms in total. The summed E-state index contributed by atoms with van der Waals surface area (Å²) in [5, 5.41) is 12.3. The van der Waals surface area contributed by atoms with Crippen molar-refractivity contribution in [3.8, 4) is 0 Å². The summed E-state index contributed by atoms with van der Waals surface area (Å²) in [5.41, 5.74) is 0.650. The Morgan fingerprint density at radius 3 is 2.88 bits per heavy atom. The third-order valence-corrected chi connectivity index (χ3v) is 2.77. The van der Waals surface area contributed by atoms with E-state index in [1.54, 1.807) is 13.8 Å². The molecule has 0 unspecified atom stereocenters.